The van der Waals surface area contributed by atoms with Crippen LogP contribution in [0.15, 0.2) is 82.4 Å². The average molecular weight is 621 g/mol. The summed E-state index contributed by atoms with van der Waals surface area (Å²) in [5.41, 5.74) is 10.1. The Bertz CT molecular complexity index is 1410. The number of nitrogens with zero attached hydrogens (tertiary/aromatic N) is 2. The molecule has 34 heavy (non-hydrogen) atoms. The Morgan fingerprint density at radius 1 is 0.794 bits per heavy atom. The van der Waals surface area contributed by atoms with Crippen molar-refractivity contribution < 1.29 is 0 Å². The maximum absolute atomic E-state index is 11.6. The maximum Gasteiger partial charge on any atom is 0.266 e. The van der Waals surface area contributed by atoms with Gasteiger partial charge in [0.25, 0.3) is 11.1 Å². The molecule has 0 saturated carbocycles. The van der Waals surface area contributed by atoms with Crippen molar-refractivity contribution in [1.82, 2.24) is 19.9 Å². The molecule has 4 rings (SSSR count). The summed E-state index contributed by atoms with van der Waals surface area (Å²) in [5.74, 6) is 0.183. The van der Waals surface area contributed by atoms with Crippen LogP contribution in [0, 0.1) is 0 Å². The van der Waals surface area contributed by atoms with Gasteiger partial charge < -0.3 is 11.5 Å². The first-order valence-corrected chi connectivity index (χ1v) is 12.6. The van der Waals surface area contributed by atoms with Crippen LogP contribution < -0.4 is 22.6 Å². The minimum absolute atomic E-state index is 0.0534. The lowest BCUT2D eigenvalue weighted by Gasteiger charge is -2.06. The maximum atomic E-state index is 11.6. The van der Waals surface area contributed by atoms with E-state index in [0.717, 1.165) is 21.1 Å². The van der Waals surface area contributed by atoms with Crippen molar-refractivity contribution in [3.05, 3.63) is 89.0 Å². The molecule has 0 radical (unpaired) electrons. The fourth-order valence-corrected chi connectivity index (χ4v) is 5.18. The Kier molecular flexibility index (Phi) is 9.34. The fourth-order valence-electron chi connectivity index (χ4n) is 2.31. The quantitative estimate of drug-likeness (QED) is 0.227. The SMILES string of the molecule is Nc1ncc(Sc2c(Cl)cc(Cl)cc2Cl)c(=O)[nH]1.Nc1ncc(Sc2ccc(Br)cc2)c(=O)[nH]1. The number of benzene rings is 2. The second-order valence-corrected chi connectivity index (χ2v) is 10.6. The molecule has 8 nitrogen and oxygen atoms in total. The zero-order valence-electron chi connectivity index (χ0n) is 16.8. The molecule has 2 heterocycles. The van der Waals surface area contributed by atoms with Crippen LogP contribution >= 0.6 is 74.3 Å². The van der Waals surface area contributed by atoms with Crippen LogP contribution in [-0.2, 0) is 0 Å². The summed E-state index contributed by atoms with van der Waals surface area (Å²) in [6, 6.07) is 10.8. The highest BCUT2D eigenvalue weighted by Gasteiger charge is 2.12. The molecule has 0 atom stereocenters. The van der Waals surface area contributed by atoms with E-state index < -0.39 is 0 Å². The molecule has 0 unspecified atom stereocenters. The topological polar surface area (TPSA) is 144 Å². The molecule has 0 amide bonds. The van der Waals surface area contributed by atoms with Gasteiger partial charge in [0.05, 0.1) is 32.2 Å². The lowest BCUT2D eigenvalue weighted by molar-refractivity contribution is 1.06. The molecule has 4 aromatic rings. The van der Waals surface area contributed by atoms with Crippen molar-refractivity contribution in [3.63, 3.8) is 0 Å². The number of nitrogen functional groups attached to an aromatic ring is 2. The Morgan fingerprint density at radius 3 is 1.74 bits per heavy atom. The van der Waals surface area contributed by atoms with Crippen LogP contribution in [0.1, 0.15) is 0 Å². The van der Waals surface area contributed by atoms with Gasteiger partial charge in [0.2, 0.25) is 0 Å². The van der Waals surface area contributed by atoms with Crippen LogP contribution in [-0.4, -0.2) is 19.9 Å². The third-order valence-corrected chi connectivity index (χ3v) is 7.53. The van der Waals surface area contributed by atoms with Crippen molar-refractivity contribution in [2.24, 2.45) is 0 Å². The van der Waals surface area contributed by atoms with Crippen molar-refractivity contribution in [3.8, 4) is 0 Å². The van der Waals surface area contributed by atoms with E-state index in [0.29, 0.717) is 29.8 Å². The Labute approximate surface area is 225 Å². The zero-order valence-corrected chi connectivity index (χ0v) is 22.3. The van der Waals surface area contributed by atoms with E-state index in [4.69, 9.17) is 46.3 Å². The van der Waals surface area contributed by atoms with Gasteiger partial charge in [0.1, 0.15) is 0 Å². The van der Waals surface area contributed by atoms with E-state index in [9.17, 15) is 9.59 Å². The van der Waals surface area contributed by atoms with E-state index in [-0.39, 0.29) is 23.0 Å². The summed E-state index contributed by atoms with van der Waals surface area (Å²) in [5, 5.41) is 1.17. The Morgan fingerprint density at radius 2 is 1.26 bits per heavy atom. The Hall–Kier alpha value is -2.15. The number of hydrogen-bond acceptors (Lipinski definition) is 8. The van der Waals surface area contributed by atoms with E-state index in [2.05, 4.69) is 35.9 Å². The van der Waals surface area contributed by atoms with Gasteiger partial charge in [-0.05, 0) is 36.4 Å². The first kappa shape index (κ1) is 26.5. The van der Waals surface area contributed by atoms with E-state index in [1.807, 2.05) is 24.3 Å². The second kappa shape index (κ2) is 12.0. The summed E-state index contributed by atoms with van der Waals surface area (Å²) >= 11 is 23.6. The largest absolute Gasteiger partial charge is 0.369 e. The molecule has 0 aliphatic rings. The highest BCUT2D eigenvalue weighted by molar-refractivity contribution is 9.10. The molecule has 6 N–H and O–H groups in total. The predicted molar refractivity (Wildman–Crippen MR) is 142 cm³/mol. The molecule has 0 saturated heterocycles. The fraction of sp³-hybridized carbons (Fsp3) is 0. The van der Waals surface area contributed by atoms with Crippen molar-refractivity contribution in [1.29, 1.82) is 0 Å². The van der Waals surface area contributed by atoms with Crippen LogP contribution in [0.2, 0.25) is 15.1 Å². The average Bonchev–Trinajstić information content (AvgIpc) is 2.76. The molecule has 2 aromatic heterocycles. The molecular weight excluding hydrogens is 607 g/mol. The predicted octanol–water partition coefficient (Wildman–Crippen LogP) is 5.73. The van der Waals surface area contributed by atoms with Gasteiger partial charge in [-0.1, -0.05) is 74.3 Å². The highest BCUT2D eigenvalue weighted by Crippen LogP contribution is 2.39. The molecule has 14 heteroatoms. The number of H-pyrrole nitrogens is 2. The first-order chi connectivity index (χ1) is 16.1. The third kappa shape index (κ3) is 7.42. The van der Waals surface area contributed by atoms with Crippen LogP contribution in [0.25, 0.3) is 0 Å². The number of aromatic amines is 2. The number of nitrogens with one attached hydrogen (secondary N) is 2. The van der Waals surface area contributed by atoms with Gasteiger partial charge in [-0.25, -0.2) is 9.97 Å². The van der Waals surface area contributed by atoms with Gasteiger partial charge >= 0.3 is 0 Å². The zero-order chi connectivity index (χ0) is 24.8. The third-order valence-electron chi connectivity index (χ3n) is 3.79. The van der Waals surface area contributed by atoms with Crippen molar-refractivity contribution in [2.45, 2.75) is 19.6 Å². The van der Waals surface area contributed by atoms with Gasteiger partial charge in [0.15, 0.2) is 11.9 Å². The van der Waals surface area contributed by atoms with Gasteiger partial charge in [-0.2, -0.15) is 0 Å². The first-order valence-electron chi connectivity index (χ1n) is 9.08. The standard InChI is InChI=1S/C10H8BrN3OS.C10H6Cl3N3OS/c11-6-1-3-7(4-2-6)16-8-5-13-10(12)14-9(8)15;11-4-1-5(12)8(6(13)2-4)18-7-3-15-10(14)16-9(7)17/h1-5H,(H3,12,13,14,15);1-3H,(H3,14,15,16,17). The molecule has 2 aromatic carbocycles. The van der Waals surface area contributed by atoms with Crippen molar-refractivity contribution in [2.75, 3.05) is 11.5 Å². The van der Waals surface area contributed by atoms with E-state index in [1.165, 1.54) is 24.2 Å². The second-order valence-electron chi connectivity index (χ2n) is 6.28. The van der Waals surface area contributed by atoms with Crippen LogP contribution in [0.5, 0.6) is 0 Å². The lowest BCUT2D eigenvalue weighted by Crippen LogP contribution is -2.12. The number of halogens is 4. The lowest BCUT2D eigenvalue weighted by atomic mass is 10.4. The molecule has 0 aliphatic carbocycles. The van der Waals surface area contributed by atoms with Gasteiger partial charge in [0, 0.05) is 19.3 Å². The molecular formula is C20H14BrCl3N6O2S2. The number of anilines is 2. The Balaban J connectivity index is 0.000000192. The number of hydrogen-bond donors (Lipinski definition) is 4. The highest BCUT2D eigenvalue weighted by atomic mass is 79.9. The molecule has 176 valence electrons. The molecule has 0 fully saturated rings. The van der Waals surface area contributed by atoms with Gasteiger partial charge in [-0.3, -0.25) is 19.6 Å². The monoisotopic (exact) mass is 618 g/mol. The number of nitrogens with two attached hydrogens (primary N) is 2. The minimum atomic E-state index is -0.352. The molecule has 0 bridgehead atoms. The number of aromatic nitrogens is 4. The van der Waals surface area contributed by atoms with Crippen LogP contribution in [0.3, 0.4) is 0 Å². The minimum Gasteiger partial charge on any atom is -0.369 e. The van der Waals surface area contributed by atoms with E-state index >= 15 is 0 Å². The normalized spacial score (nSPS) is 10.5. The molecule has 0 aliphatic heterocycles. The summed E-state index contributed by atoms with van der Waals surface area (Å²) in [7, 11) is 0. The summed E-state index contributed by atoms with van der Waals surface area (Å²) < 4.78 is 1.00. The molecule has 0 spiro atoms. The van der Waals surface area contributed by atoms with Crippen molar-refractivity contribution >= 4 is 86.2 Å². The van der Waals surface area contributed by atoms with Crippen LogP contribution in [0.4, 0.5) is 11.9 Å². The summed E-state index contributed by atoms with van der Waals surface area (Å²) in [6.45, 7) is 0. The summed E-state index contributed by atoms with van der Waals surface area (Å²) in [6.07, 6.45) is 2.83. The van der Waals surface area contributed by atoms with Gasteiger partial charge in [-0.15, -0.1) is 0 Å². The van der Waals surface area contributed by atoms with E-state index in [1.54, 1.807) is 12.1 Å². The summed E-state index contributed by atoms with van der Waals surface area (Å²) in [4.78, 5) is 38.0. The smallest absolute Gasteiger partial charge is 0.266 e. The number of rotatable bonds is 4.